The van der Waals surface area contributed by atoms with Gasteiger partial charge in [-0.2, -0.15) is 0 Å². The molecule has 1 aromatic carbocycles. The van der Waals surface area contributed by atoms with Gasteiger partial charge in [-0.1, -0.05) is 6.07 Å². The van der Waals surface area contributed by atoms with E-state index < -0.39 is 0 Å². The molecule has 1 fully saturated rings. The number of Topliss-reactive ketones (excluding diaryl/α,β-unsaturated/α-hetero) is 1. The van der Waals surface area contributed by atoms with Crippen molar-refractivity contribution in [3.63, 3.8) is 0 Å². The zero-order valence-electron chi connectivity index (χ0n) is 10.6. The minimum Gasteiger partial charge on any atom is -0.350 e. The van der Waals surface area contributed by atoms with Gasteiger partial charge in [0.1, 0.15) is 0 Å². The Morgan fingerprint density at radius 2 is 1.71 bits per heavy atom. The van der Waals surface area contributed by atoms with Crippen LogP contribution >= 0.6 is 0 Å². The molecule has 0 unspecified atom stereocenters. The fourth-order valence-electron chi connectivity index (χ4n) is 2.05. The highest BCUT2D eigenvalue weighted by molar-refractivity contribution is 5.97. The predicted octanol–water partition coefficient (Wildman–Crippen LogP) is 2.56. The van der Waals surface area contributed by atoms with Gasteiger partial charge in [-0.15, -0.1) is 0 Å². The average Bonchev–Trinajstić information content (AvgIpc) is 2.76. The highest BCUT2D eigenvalue weighted by Crippen LogP contribution is 2.19. The van der Waals surface area contributed by atoms with Crippen LogP contribution in [0.1, 0.15) is 33.5 Å². The van der Waals surface area contributed by atoms with Gasteiger partial charge < -0.3 is 9.47 Å². The molecule has 3 heteroatoms. The summed E-state index contributed by atoms with van der Waals surface area (Å²) in [7, 11) is 0. The Bertz CT molecular complexity index is 431. The number of hydrogen-bond donors (Lipinski definition) is 0. The van der Waals surface area contributed by atoms with Gasteiger partial charge in [-0.05, 0) is 43.5 Å². The first kappa shape index (κ1) is 12.3. The van der Waals surface area contributed by atoms with Crippen LogP contribution in [0.2, 0.25) is 0 Å². The summed E-state index contributed by atoms with van der Waals surface area (Å²) in [5.74, 6) is 0.0949. The zero-order chi connectivity index (χ0) is 12.4. The summed E-state index contributed by atoms with van der Waals surface area (Å²) in [6.45, 7) is 7.22. The summed E-state index contributed by atoms with van der Waals surface area (Å²) in [6.07, 6.45) is -0.0490. The Labute approximate surface area is 102 Å². The molecular formula is C14H18O3. The van der Waals surface area contributed by atoms with Crippen molar-refractivity contribution in [2.45, 2.75) is 33.5 Å². The van der Waals surface area contributed by atoms with Crippen LogP contribution in [0.5, 0.6) is 0 Å². The molecule has 0 N–H and O–H groups in total. The van der Waals surface area contributed by atoms with E-state index in [0.717, 1.165) is 16.7 Å². The van der Waals surface area contributed by atoms with Crippen LogP contribution in [0.25, 0.3) is 0 Å². The molecule has 0 saturated carbocycles. The zero-order valence-corrected chi connectivity index (χ0v) is 10.6. The third-order valence-electron chi connectivity index (χ3n) is 3.18. The van der Waals surface area contributed by atoms with Crippen molar-refractivity contribution < 1.29 is 14.3 Å². The summed E-state index contributed by atoms with van der Waals surface area (Å²) in [4.78, 5) is 12.1. The molecule has 0 aliphatic carbocycles. The molecule has 0 atom stereocenters. The predicted molar refractivity (Wildman–Crippen MR) is 65.3 cm³/mol. The number of rotatable bonds is 3. The average molecular weight is 234 g/mol. The van der Waals surface area contributed by atoms with E-state index in [4.69, 9.17) is 9.47 Å². The first-order valence-electron chi connectivity index (χ1n) is 5.92. The van der Waals surface area contributed by atoms with Crippen LogP contribution in [-0.2, 0) is 9.47 Å². The van der Waals surface area contributed by atoms with Crippen LogP contribution in [0.15, 0.2) is 12.1 Å². The number of hydrogen-bond acceptors (Lipinski definition) is 3. The van der Waals surface area contributed by atoms with Gasteiger partial charge in [0.05, 0.1) is 19.6 Å². The van der Waals surface area contributed by atoms with E-state index in [1.54, 1.807) is 0 Å². The third kappa shape index (κ3) is 2.73. The van der Waals surface area contributed by atoms with Gasteiger partial charge in [0.25, 0.3) is 0 Å². The summed E-state index contributed by atoms with van der Waals surface area (Å²) >= 11 is 0. The van der Waals surface area contributed by atoms with Crippen molar-refractivity contribution in [2.24, 2.45) is 0 Å². The van der Waals surface area contributed by atoms with Crippen LogP contribution in [0.3, 0.4) is 0 Å². The van der Waals surface area contributed by atoms with E-state index in [1.807, 2.05) is 19.9 Å². The Hall–Kier alpha value is -1.19. The molecule has 2 rings (SSSR count). The molecule has 1 aliphatic heterocycles. The largest absolute Gasteiger partial charge is 0.350 e. The summed E-state index contributed by atoms with van der Waals surface area (Å²) in [5, 5.41) is 0. The molecule has 17 heavy (non-hydrogen) atoms. The second kappa shape index (κ2) is 4.98. The summed E-state index contributed by atoms with van der Waals surface area (Å²) in [6, 6.07) is 4.01. The van der Waals surface area contributed by atoms with E-state index in [2.05, 4.69) is 13.0 Å². The maximum absolute atomic E-state index is 12.1. The molecule has 0 aromatic heterocycles. The number of ether oxygens (including phenoxy) is 2. The van der Waals surface area contributed by atoms with Gasteiger partial charge >= 0.3 is 0 Å². The van der Waals surface area contributed by atoms with Gasteiger partial charge in [0, 0.05) is 5.56 Å². The number of carbonyl (C=O) groups excluding carboxylic acids is 1. The lowest BCUT2D eigenvalue weighted by atomic mass is 9.97. The highest BCUT2D eigenvalue weighted by atomic mass is 16.7. The SMILES string of the molecule is Cc1cc(C)c(C(=O)CC2OCCO2)cc1C. The minimum absolute atomic E-state index is 0.0949. The molecule has 92 valence electrons. The molecule has 1 heterocycles. The fourth-order valence-corrected chi connectivity index (χ4v) is 2.05. The first-order valence-corrected chi connectivity index (χ1v) is 5.92. The van der Waals surface area contributed by atoms with Crippen molar-refractivity contribution >= 4 is 5.78 Å². The molecule has 0 bridgehead atoms. The van der Waals surface area contributed by atoms with E-state index in [0.29, 0.717) is 19.6 Å². The van der Waals surface area contributed by atoms with Crippen molar-refractivity contribution in [3.05, 3.63) is 34.4 Å². The van der Waals surface area contributed by atoms with Crippen molar-refractivity contribution in [2.75, 3.05) is 13.2 Å². The summed E-state index contributed by atoms with van der Waals surface area (Å²) < 4.78 is 10.6. The molecule has 0 spiro atoms. The Morgan fingerprint density at radius 1 is 1.12 bits per heavy atom. The van der Waals surface area contributed by atoms with E-state index in [9.17, 15) is 4.79 Å². The molecule has 1 aromatic rings. The molecule has 1 saturated heterocycles. The number of carbonyl (C=O) groups is 1. The third-order valence-corrected chi connectivity index (χ3v) is 3.18. The van der Waals surface area contributed by atoms with Crippen molar-refractivity contribution in [3.8, 4) is 0 Å². The lowest BCUT2D eigenvalue weighted by Crippen LogP contribution is -2.15. The Balaban J connectivity index is 2.15. The quantitative estimate of drug-likeness (QED) is 0.754. The standard InChI is InChI=1S/C14H18O3/c1-9-6-11(3)12(7-10(9)2)13(15)8-14-16-4-5-17-14/h6-7,14H,4-5,8H2,1-3H3. The van der Waals surface area contributed by atoms with Crippen LogP contribution in [0, 0.1) is 20.8 Å². The Kier molecular flexibility index (Phi) is 3.60. The van der Waals surface area contributed by atoms with Crippen LogP contribution < -0.4 is 0 Å². The number of benzene rings is 1. The minimum atomic E-state index is -0.358. The highest BCUT2D eigenvalue weighted by Gasteiger charge is 2.21. The number of aryl methyl sites for hydroxylation is 3. The van der Waals surface area contributed by atoms with E-state index in [-0.39, 0.29) is 12.1 Å². The van der Waals surface area contributed by atoms with Crippen LogP contribution in [0.4, 0.5) is 0 Å². The summed E-state index contributed by atoms with van der Waals surface area (Å²) in [5.41, 5.74) is 4.17. The monoisotopic (exact) mass is 234 g/mol. The lowest BCUT2D eigenvalue weighted by Gasteiger charge is -2.11. The van der Waals surface area contributed by atoms with Gasteiger partial charge in [-0.3, -0.25) is 4.79 Å². The lowest BCUT2D eigenvalue weighted by molar-refractivity contribution is -0.0407. The molecule has 0 amide bonds. The molecular weight excluding hydrogens is 216 g/mol. The normalized spacial score (nSPS) is 16.4. The topological polar surface area (TPSA) is 35.5 Å². The van der Waals surface area contributed by atoms with Crippen molar-refractivity contribution in [1.29, 1.82) is 0 Å². The molecule has 1 aliphatic rings. The fraction of sp³-hybridized carbons (Fsp3) is 0.500. The van der Waals surface area contributed by atoms with Crippen LogP contribution in [-0.4, -0.2) is 25.3 Å². The molecule has 3 nitrogen and oxygen atoms in total. The van der Waals surface area contributed by atoms with E-state index in [1.165, 1.54) is 5.56 Å². The molecule has 0 radical (unpaired) electrons. The van der Waals surface area contributed by atoms with Crippen molar-refractivity contribution in [1.82, 2.24) is 0 Å². The maximum Gasteiger partial charge on any atom is 0.168 e. The first-order chi connectivity index (χ1) is 8.08. The van der Waals surface area contributed by atoms with E-state index >= 15 is 0 Å². The second-order valence-electron chi connectivity index (χ2n) is 4.55. The second-order valence-corrected chi connectivity index (χ2v) is 4.55. The van der Waals surface area contributed by atoms with Gasteiger partial charge in [0.15, 0.2) is 12.1 Å². The smallest absolute Gasteiger partial charge is 0.168 e. The van der Waals surface area contributed by atoms with Gasteiger partial charge in [0.2, 0.25) is 0 Å². The number of ketones is 1. The van der Waals surface area contributed by atoms with Gasteiger partial charge in [-0.25, -0.2) is 0 Å². The Morgan fingerprint density at radius 3 is 2.35 bits per heavy atom. The maximum atomic E-state index is 12.1.